The van der Waals surface area contributed by atoms with E-state index in [1.807, 2.05) is 0 Å². The standard InChI is InChI=1S/C18H25N3O6/c1-11(2)27-18(24)14(6-5-12(22)9-19)21-17(23)16(26-4)13-7-8-20-10-15(13)25-3/h7-11,14,16,19H,5-6H2,1-4H3,(H,21,23)/t14-,16-/m0/s1. The first kappa shape index (κ1) is 22.2. The molecule has 9 nitrogen and oxygen atoms in total. The Labute approximate surface area is 157 Å². The number of nitrogens with zero attached hydrogens (tertiary/aromatic N) is 1. The minimum atomic E-state index is -1.05. The Morgan fingerprint density at radius 2 is 2.00 bits per heavy atom. The van der Waals surface area contributed by atoms with Gasteiger partial charge in [-0.25, -0.2) is 4.79 Å². The molecule has 148 valence electrons. The van der Waals surface area contributed by atoms with Crippen LogP contribution in [0.1, 0.15) is 38.4 Å². The van der Waals surface area contributed by atoms with Crippen LogP contribution in [0.25, 0.3) is 0 Å². The molecule has 0 spiro atoms. The molecule has 9 heteroatoms. The van der Waals surface area contributed by atoms with Crippen LogP contribution in [-0.4, -0.2) is 55.2 Å². The third-order valence-electron chi connectivity index (χ3n) is 3.59. The lowest BCUT2D eigenvalue weighted by atomic mass is 10.1. The van der Waals surface area contributed by atoms with Crippen molar-refractivity contribution in [3.05, 3.63) is 24.0 Å². The lowest BCUT2D eigenvalue weighted by Crippen LogP contribution is -2.45. The number of pyridine rings is 1. The number of nitrogens with one attached hydrogen (secondary N) is 2. The highest BCUT2D eigenvalue weighted by molar-refractivity contribution is 6.26. The number of methoxy groups -OCH3 is 2. The predicted molar refractivity (Wildman–Crippen MR) is 96.7 cm³/mol. The fourth-order valence-electron chi connectivity index (χ4n) is 2.32. The molecule has 1 amide bonds. The molecule has 0 fully saturated rings. The SMILES string of the molecule is COc1cnccc1[C@H](OC)C(=O)N[C@@H](CCC(=O)C=N)C(=O)OC(C)C. The molecule has 1 aromatic heterocycles. The predicted octanol–water partition coefficient (Wildman–Crippen LogP) is 1.21. The van der Waals surface area contributed by atoms with E-state index in [0.717, 1.165) is 0 Å². The molecule has 0 aliphatic carbocycles. The van der Waals surface area contributed by atoms with Crippen molar-refractivity contribution in [1.29, 1.82) is 5.41 Å². The van der Waals surface area contributed by atoms with Crippen molar-refractivity contribution in [3.8, 4) is 5.75 Å². The van der Waals surface area contributed by atoms with Crippen molar-refractivity contribution in [3.63, 3.8) is 0 Å². The highest BCUT2D eigenvalue weighted by Gasteiger charge is 2.30. The van der Waals surface area contributed by atoms with Gasteiger partial charge in [-0.05, 0) is 26.3 Å². The van der Waals surface area contributed by atoms with Crippen LogP contribution >= 0.6 is 0 Å². The Hall–Kier alpha value is -2.81. The number of Topliss-reactive ketones (excluding diaryl/α,β-unsaturated/α-hetero) is 1. The molecule has 1 rings (SSSR count). The summed E-state index contributed by atoms with van der Waals surface area (Å²) < 4.78 is 15.6. The lowest BCUT2D eigenvalue weighted by Gasteiger charge is -2.22. The normalized spacial score (nSPS) is 12.8. The molecular formula is C18H25N3O6. The molecule has 0 saturated heterocycles. The van der Waals surface area contributed by atoms with Crippen LogP contribution in [0.15, 0.2) is 18.5 Å². The Bertz CT molecular complexity index is 677. The molecule has 1 aromatic rings. The van der Waals surface area contributed by atoms with Crippen LogP contribution in [0.3, 0.4) is 0 Å². The van der Waals surface area contributed by atoms with E-state index in [9.17, 15) is 14.4 Å². The van der Waals surface area contributed by atoms with Crippen LogP contribution in [0.2, 0.25) is 0 Å². The molecule has 0 unspecified atom stereocenters. The first-order valence-corrected chi connectivity index (χ1v) is 8.38. The second-order valence-corrected chi connectivity index (χ2v) is 5.93. The topological polar surface area (TPSA) is 128 Å². The van der Waals surface area contributed by atoms with Crippen LogP contribution in [-0.2, 0) is 23.9 Å². The Kier molecular flexibility index (Phi) is 9.07. The molecule has 2 N–H and O–H groups in total. The second-order valence-electron chi connectivity index (χ2n) is 5.93. The van der Waals surface area contributed by atoms with Crippen molar-refractivity contribution in [2.75, 3.05) is 14.2 Å². The molecule has 0 aliphatic heterocycles. The molecule has 0 aromatic carbocycles. The highest BCUT2D eigenvalue weighted by atomic mass is 16.5. The third kappa shape index (κ3) is 6.78. The molecular weight excluding hydrogens is 354 g/mol. The van der Waals surface area contributed by atoms with Gasteiger partial charge >= 0.3 is 5.97 Å². The summed E-state index contributed by atoms with van der Waals surface area (Å²) in [5.41, 5.74) is 0.444. The maximum absolute atomic E-state index is 12.7. The Balaban J connectivity index is 2.98. The van der Waals surface area contributed by atoms with E-state index in [1.165, 1.54) is 26.6 Å². The van der Waals surface area contributed by atoms with Gasteiger partial charge in [-0.1, -0.05) is 0 Å². The summed E-state index contributed by atoms with van der Waals surface area (Å²) in [6.45, 7) is 3.36. The van der Waals surface area contributed by atoms with Crippen molar-refractivity contribution in [2.24, 2.45) is 0 Å². The maximum Gasteiger partial charge on any atom is 0.328 e. The van der Waals surface area contributed by atoms with Crippen molar-refractivity contribution in [1.82, 2.24) is 10.3 Å². The number of ketones is 1. The average molecular weight is 379 g/mol. The number of carbonyl (C=O) groups is 3. The van der Waals surface area contributed by atoms with Gasteiger partial charge in [0, 0.05) is 25.3 Å². The third-order valence-corrected chi connectivity index (χ3v) is 3.59. The molecule has 0 radical (unpaired) electrons. The minimum absolute atomic E-state index is 0.00935. The lowest BCUT2D eigenvalue weighted by molar-refractivity contribution is -0.152. The quantitative estimate of drug-likeness (QED) is 0.437. The monoisotopic (exact) mass is 379 g/mol. The van der Waals surface area contributed by atoms with Gasteiger partial charge in [0.25, 0.3) is 5.91 Å². The van der Waals surface area contributed by atoms with Gasteiger partial charge in [-0.15, -0.1) is 0 Å². The van der Waals surface area contributed by atoms with Gasteiger partial charge in [0.05, 0.1) is 25.6 Å². The zero-order valence-corrected chi connectivity index (χ0v) is 15.9. The fraction of sp³-hybridized carbons (Fsp3) is 0.500. The summed E-state index contributed by atoms with van der Waals surface area (Å²) in [6, 6.07) is 0.529. The first-order chi connectivity index (χ1) is 12.8. The minimum Gasteiger partial charge on any atom is -0.495 e. The summed E-state index contributed by atoms with van der Waals surface area (Å²) in [6.07, 6.45) is 2.12. The number of amides is 1. The van der Waals surface area contributed by atoms with Gasteiger partial charge in [-0.3, -0.25) is 14.6 Å². The van der Waals surface area contributed by atoms with E-state index in [0.29, 0.717) is 17.5 Å². The van der Waals surface area contributed by atoms with Crippen molar-refractivity contribution in [2.45, 2.75) is 44.9 Å². The summed E-state index contributed by atoms with van der Waals surface area (Å²) in [4.78, 5) is 40.3. The van der Waals surface area contributed by atoms with E-state index in [-0.39, 0.29) is 18.9 Å². The smallest absolute Gasteiger partial charge is 0.328 e. The van der Waals surface area contributed by atoms with Crippen LogP contribution in [0, 0.1) is 5.41 Å². The summed E-state index contributed by atoms with van der Waals surface area (Å²) >= 11 is 0. The molecule has 0 bridgehead atoms. The largest absolute Gasteiger partial charge is 0.495 e. The second kappa shape index (κ2) is 11.0. The van der Waals surface area contributed by atoms with Gasteiger partial charge in [0.1, 0.15) is 11.8 Å². The van der Waals surface area contributed by atoms with Crippen molar-refractivity contribution < 1.29 is 28.6 Å². The Morgan fingerprint density at radius 3 is 2.56 bits per heavy atom. The number of rotatable bonds is 11. The maximum atomic E-state index is 12.7. The molecule has 27 heavy (non-hydrogen) atoms. The van der Waals surface area contributed by atoms with E-state index in [4.69, 9.17) is 19.6 Å². The number of hydrogen-bond acceptors (Lipinski definition) is 8. The van der Waals surface area contributed by atoms with Crippen LogP contribution in [0.4, 0.5) is 0 Å². The van der Waals surface area contributed by atoms with Crippen LogP contribution in [0.5, 0.6) is 5.75 Å². The van der Waals surface area contributed by atoms with Crippen molar-refractivity contribution >= 4 is 23.9 Å². The highest BCUT2D eigenvalue weighted by Crippen LogP contribution is 2.26. The van der Waals surface area contributed by atoms with Gasteiger partial charge in [0.15, 0.2) is 11.9 Å². The zero-order chi connectivity index (χ0) is 20.4. The summed E-state index contributed by atoms with van der Waals surface area (Å²) in [5, 5.41) is 9.51. The first-order valence-electron chi connectivity index (χ1n) is 8.38. The summed E-state index contributed by atoms with van der Waals surface area (Å²) in [7, 11) is 2.79. The molecule has 1 heterocycles. The van der Waals surface area contributed by atoms with E-state index < -0.39 is 29.8 Å². The number of hydrogen-bond donors (Lipinski definition) is 2. The molecule has 0 saturated carbocycles. The van der Waals surface area contributed by atoms with E-state index in [1.54, 1.807) is 19.9 Å². The number of esters is 1. The van der Waals surface area contributed by atoms with Gasteiger partial charge < -0.3 is 24.9 Å². The van der Waals surface area contributed by atoms with Gasteiger partial charge in [-0.2, -0.15) is 0 Å². The van der Waals surface area contributed by atoms with E-state index in [2.05, 4.69) is 10.3 Å². The molecule has 0 aliphatic rings. The van der Waals surface area contributed by atoms with Gasteiger partial charge in [0.2, 0.25) is 0 Å². The average Bonchev–Trinajstić information content (AvgIpc) is 2.65. The number of ether oxygens (including phenoxy) is 3. The van der Waals surface area contributed by atoms with E-state index >= 15 is 0 Å². The Morgan fingerprint density at radius 1 is 1.30 bits per heavy atom. The number of carbonyl (C=O) groups excluding carboxylic acids is 3. The number of aromatic nitrogens is 1. The summed E-state index contributed by atoms with van der Waals surface area (Å²) in [5.74, 6) is -1.34. The fourth-order valence-corrected chi connectivity index (χ4v) is 2.32. The zero-order valence-electron chi connectivity index (χ0n) is 15.9. The van der Waals surface area contributed by atoms with Crippen LogP contribution < -0.4 is 10.1 Å². The molecule has 2 atom stereocenters.